The maximum Gasteiger partial charge on any atom is -0.0533 e. The van der Waals surface area contributed by atoms with E-state index in [1.165, 1.54) is 83.5 Å². The molecule has 0 saturated heterocycles. The summed E-state index contributed by atoms with van der Waals surface area (Å²) in [7, 11) is 0. The zero-order valence-electron chi connectivity index (χ0n) is 13.2. The third-order valence-corrected chi connectivity index (χ3v) is 3.16. The van der Waals surface area contributed by atoms with E-state index in [-0.39, 0.29) is 0 Å². The van der Waals surface area contributed by atoms with Crippen LogP contribution in [0.1, 0.15) is 111 Å². The zero-order chi connectivity index (χ0) is 13.2. The van der Waals surface area contributed by atoms with Gasteiger partial charge in [-0.1, -0.05) is 111 Å². The Morgan fingerprint density at radius 3 is 0.765 bits per heavy atom. The van der Waals surface area contributed by atoms with Crippen molar-refractivity contribution in [1.29, 1.82) is 0 Å². The Morgan fingerprint density at radius 1 is 0.412 bits per heavy atom. The molecule has 0 atom stereocenters. The van der Waals surface area contributed by atoms with Crippen LogP contribution in [-0.4, -0.2) is 0 Å². The smallest absolute Gasteiger partial charge is 0.0533 e. The summed E-state index contributed by atoms with van der Waals surface area (Å²) in [5.41, 5.74) is 0. The van der Waals surface area contributed by atoms with Gasteiger partial charge in [0.25, 0.3) is 0 Å². The van der Waals surface area contributed by atoms with Gasteiger partial charge in [-0.2, -0.15) is 0 Å². The number of hydrogen-bond donors (Lipinski definition) is 0. The molecule has 106 valence electrons. The molecule has 1 aliphatic rings. The first-order valence-corrected chi connectivity index (χ1v) is 8.33. The van der Waals surface area contributed by atoms with Crippen LogP contribution in [0.5, 0.6) is 0 Å². The van der Waals surface area contributed by atoms with Gasteiger partial charge in [0.2, 0.25) is 0 Å². The third-order valence-electron chi connectivity index (χ3n) is 3.16. The second kappa shape index (κ2) is 21.3. The minimum absolute atomic E-state index is 1.34. The Labute approximate surface area is 112 Å². The molecule has 1 rings (SSSR count). The SMILES string of the molecule is C1CCCCC1.CCCCC.CCCCCC. The van der Waals surface area contributed by atoms with Crippen molar-refractivity contribution in [3.8, 4) is 0 Å². The molecule has 0 aromatic heterocycles. The highest BCUT2D eigenvalue weighted by Crippen LogP contribution is 2.15. The van der Waals surface area contributed by atoms with Gasteiger partial charge in [0.05, 0.1) is 0 Å². The first-order chi connectivity index (χ1) is 8.33. The average molecular weight is 242 g/mol. The Morgan fingerprint density at radius 2 is 0.647 bits per heavy atom. The quantitative estimate of drug-likeness (QED) is 0.450. The Balaban J connectivity index is 0. The lowest BCUT2D eigenvalue weighted by atomic mass is 10.0. The van der Waals surface area contributed by atoms with Crippen molar-refractivity contribution in [2.24, 2.45) is 0 Å². The molecule has 0 amide bonds. The van der Waals surface area contributed by atoms with Crippen LogP contribution in [0.25, 0.3) is 0 Å². The highest BCUT2D eigenvalue weighted by Gasteiger charge is 1.95. The molecule has 0 aromatic carbocycles. The summed E-state index contributed by atoms with van der Waals surface area (Å²) < 4.78 is 0. The molecule has 0 aliphatic heterocycles. The van der Waals surface area contributed by atoms with Crippen molar-refractivity contribution in [2.45, 2.75) is 111 Å². The van der Waals surface area contributed by atoms with Crippen molar-refractivity contribution in [1.82, 2.24) is 0 Å². The number of rotatable bonds is 5. The van der Waals surface area contributed by atoms with E-state index in [2.05, 4.69) is 27.7 Å². The maximum absolute atomic E-state index is 2.23. The van der Waals surface area contributed by atoms with Crippen LogP contribution in [-0.2, 0) is 0 Å². The zero-order valence-corrected chi connectivity index (χ0v) is 13.2. The van der Waals surface area contributed by atoms with Crippen LogP contribution in [0.4, 0.5) is 0 Å². The molecule has 0 N–H and O–H groups in total. The molecular weight excluding hydrogens is 204 g/mol. The summed E-state index contributed by atoms with van der Waals surface area (Å²) >= 11 is 0. The van der Waals surface area contributed by atoms with Gasteiger partial charge in [-0.25, -0.2) is 0 Å². The fraction of sp³-hybridized carbons (Fsp3) is 1.00. The third kappa shape index (κ3) is 25.9. The van der Waals surface area contributed by atoms with E-state index < -0.39 is 0 Å². The first-order valence-electron chi connectivity index (χ1n) is 8.33. The molecule has 0 unspecified atom stereocenters. The fourth-order valence-corrected chi connectivity index (χ4v) is 1.91. The molecule has 0 nitrogen and oxygen atoms in total. The van der Waals surface area contributed by atoms with Gasteiger partial charge in [0, 0.05) is 0 Å². The van der Waals surface area contributed by atoms with E-state index in [4.69, 9.17) is 0 Å². The summed E-state index contributed by atoms with van der Waals surface area (Å²) in [6, 6.07) is 0. The Kier molecular flexibility index (Phi) is 24.2. The molecule has 1 saturated carbocycles. The molecule has 17 heavy (non-hydrogen) atoms. The molecule has 0 heterocycles. The van der Waals surface area contributed by atoms with E-state index in [0.29, 0.717) is 0 Å². The summed E-state index contributed by atoms with van der Waals surface area (Å²) in [5, 5.41) is 0. The lowest BCUT2D eigenvalue weighted by molar-refractivity contribution is 0.504. The van der Waals surface area contributed by atoms with E-state index in [0.717, 1.165) is 0 Å². The second-order valence-electron chi connectivity index (χ2n) is 5.18. The highest BCUT2D eigenvalue weighted by molar-refractivity contribution is 4.51. The first kappa shape index (κ1) is 19.3. The summed E-state index contributed by atoms with van der Waals surface area (Å²) in [6.45, 7) is 8.89. The van der Waals surface area contributed by atoms with Crippen molar-refractivity contribution in [3.63, 3.8) is 0 Å². The highest BCUT2D eigenvalue weighted by atomic mass is 14.0. The topological polar surface area (TPSA) is 0 Å². The number of hydrogen-bond acceptors (Lipinski definition) is 0. The molecular formula is C17H38. The molecule has 1 aliphatic carbocycles. The predicted molar refractivity (Wildman–Crippen MR) is 82.7 cm³/mol. The van der Waals surface area contributed by atoms with Gasteiger partial charge in [-0.3, -0.25) is 0 Å². The molecule has 1 fully saturated rings. The standard InChI is InChI=1S/C6H12.C6H14.C5H12/c1-2-4-6-5-3-1;1-3-5-6-4-2;1-3-5-4-2/h1-6H2;3-6H2,1-2H3;3-5H2,1-2H3. The molecule has 0 radical (unpaired) electrons. The largest absolute Gasteiger partial charge is 0.0654 e. The van der Waals surface area contributed by atoms with Gasteiger partial charge in [-0.15, -0.1) is 0 Å². The van der Waals surface area contributed by atoms with Crippen molar-refractivity contribution in [2.75, 3.05) is 0 Å². The second-order valence-corrected chi connectivity index (χ2v) is 5.18. The van der Waals surface area contributed by atoms with E-state index in [1.807, 2.05) is 0 Å². The lowest BCUT2D eigenvalue weighted by Gasteiger charge is -2.05. The van der Waals surface area contributed by atoms with Crippen LogP contribution < -0.4 is 0 Å². The van der Waals surface area contributed by atoms with Crippen molar-refractivity contribution < 1.29 is 0 Å². The Hall–Kier alpha value is 0. The van der Waals surface area contributed by atoms with Crippen LogP contribution in [0, 0.1) is 0 Å². The summed E-state index contributed by atoms with van der Waals surface area (Å²) in [4.78, 5) is 0. The molecule has 0 bridgehead atoms. The normalized spacial score (nSPS) is 14.1. The average Bonchev–Trinajstić information content (AvgIpc) is 2.41. The van der Waals surface area contributed by atoms with Gasteiger partial charge in [-0.05, 0) is 0 Å². The van der Waals surface area contributed by atoms with Crippen LogP contribution >= 0.6 is 0 Å². The fourth-order valence-electron chi connectivity index (χ4n) is 1.91. The van der Waals surface area contributed by atoms with E-state index in [1.54, 1.807) is 0 Å². The minimum Gasteiger partial charge on any atom is -0.0654 e. The molecule has 0 heteroatoms. The van der Waals surface area contributed by atoms with Crippen LogP contribution in [0.15, 0.2) is 0 Å². The number of unbranched alkanes of at least 4 members (excludes halogenated alkanes) is 5. The van der Waals surface area contributed by atoms with Gasteiger partial charge in [0.1, 0.15) is 0 Å². The summed E-state index contributed by atoms with van der Waals surface area (Å²) in [6.07, 6.45) is 18.6. The van der Waals surface area contributed by atoms with E-state index in [9.17, 15) is 0 Å². The van der Waals surface area contributed by atoms with Crippen LogP contribution in [0.3, 0.4) is 0 Å². The minimum atomic E-state index is 1.34. The van der Waals surface area contributed by atoms with Crippen molar-refractivity contribution >= 4 is 0 Å². The molecule has 0 aromatic rings. The maximum atomic E-state index is 2.23. The van der Waals surface area contributed by atoms with Gasteiger partial charge >= 0.3 is 0 Å². The monoisotopic (exact) mass is 242 g/mol. The molecule has 0 spiro atoms. The van der Waals surface area contributed by atoms with Gasteiger partial charge < -0.3 is 0 Å². The Bertz CT molecular complexity index is 74.7. The van der Waals surface area contributed by atoms with Crippen LogP contribution in [0.2, 0.25) is 0 Å². The predicted octanol–water partition coefficient (Wildman–Crippen LogP) is 7.12. The van der Waals surface area contributed by atoms with Gasteiger partial charge in [0.15, 0.2) is 0 Å². The summed E-state index contributed by atoms with van der Waals surface area (Å²) in [5.74, 6) is 0. The van der Waals surface area contributed by atoms with E-state index >= 15 is 0 Å². The lowest BCUT2D eigenvalue weighted by Crippen LogP contribution is -1.85. The van der Waals surface area contributed by atoms with Crippen molar-refractivity contribution in [3.05, 3.63) is 0 Å².